The molecule has 144 valence electrons. The SMILES string of the molecule is O=C(NCc1cccs1)c1ccc(S(=O)(=O)N2CCCc3ccccc32)cc1. The number of carbonyl (C=O) groups is 1. The van der Waals surface area contributed by atoms with Gasteiger partial charge >= 0.3 is 0 Å². The van der Waals surface area contributed by atoms with Crippen molar-refractivity contribution in [2.45, 2.75) is 24.3 Å². The topological polar surface area (TPSA) is 66.5 Å². The summed E-state index contributed by atoms with van der Waals surface area (Å²) in [5.41, 5.74) is 2.22. The molecule has 7 heteroatoms. The van der Waals surface area contributed by atoms with E-state index in [2.05, 4.69) is 5.32 Å². The molecule has 0 unspecified atom stereocenters. The number of thiophene rings is 1. The standard InChI is InChI=1S/C21H20N2O3S2/c24-21(22-15-18-7-4-14-27-18)17-9-11-19(12-10-17)28(25,26)23-13-3-6-16-5-1-2-8-20(16)23/h1-2,4-5,7-12,14H,3,6,13,15H2,(H,22,24). The Morgan fingerprint density at radius 1 is 1.04 bits per heavy atom. The average molecular weight is 413 g/mol. The van der Waals surface area contributed by atoms with E-state index in [1.807, 2.05) is 41.8 Å². The second kappa shape index (κ2) is 7.77. The number of anilines is 1. The van der Waals surface area contributed by atoms with Crippen molar-refractivity contribution in [3.8, 4) is 0 Å². The molecule has 5 nitrogen and oxygen atoms in total. The molecule has 0 spiro atoms. The quantitative estimate of drug-likeness (QED) is 0.693. The van der Waals surface area contributed by atoms with Crippen LogP contribution < -0.4 is 9.62 Å². The van der Waals surface area contributed by atoms with Crippen LogP contribution in [0.4, 0.5) is 5.69 Å². The maximum atomic E-state index is 13.1. The molecular formula is C21H20N2O3S2. The Bertz CT molecular complexity index is 1080. The summed E-state index contributed by atoms with van der Waals surface area (Å²) in [5, 5.41) is 4.81. The van der Waals surface area contributed by atoms with E-state index in [0.29, 0.717) is 18.7 Å². The maximum Gasteiger partial charge on any atom is 0.264 e. The van der Waals surface area contributed by atoms with Crippen LogP contribution in [0.15, 0.2) is 70.9 Å². The Labute approximate surface area is 168 Å². The zero-order chi connectivity index (χ0) is 19.6. The average Bonchev–Trinajstić information content (AvgIpc) is 3.25. The van der Waals surface area contributed by atoms with Crippen LogP contribution in [0.2, 0.25) is 0 Å². The predicted molar refractivity (Wildman–Crippen MR) is 111 cm³/mol. The molecule has 1 N–H and O–H groups in total. The van der Waals surface area contributed by atoms with Crippen LogP contribution in [0.5, 0.6) is 0 Å². The number of carbonyl (C=O) groups excluding carboxylic acids is 1. The highest BCUT2D eigenvalue weighted by Crippen LogP contribution is 2.31. The number of amides is 1. The van der Waals surface area contributed by atoms with Crippen molar-refractivity contribution in [3.05, 3.63) is 82.0 Å². The molecule has 4 rings (SSSR count). The summed E-state index contributed by atoms with van der Waals surface area (Å²) in [6, 6.07) is 17.6. The fraction of sp³-hybridized carbons (Fsp3) is 0.190. The molecule has 0 fully saturated rings. The van der Waals surface area contributed by atoms with Crippen molar-refractivity contribution >= 4 is 33.0 Å². The predicted octanol–water partition coefficient (Wildman–Crippen LogP) is 3.82. The van der Waals surface area contributed by atoms with Gasteiger partial charge in [-0.2, -0.15) is 0 Å². The lowest BCUT2D eigenvalue weighted by Crippen LogP contribution is -2.35. The number of nitrogens with one attached hydrogen (secondary N) is 1. The number of nitrogens with zero attached hydrogens (tertiary/aromatic N) is 1. The van der Waals surface area contributed by atoms with Crippen LogP contribution in [-0.4, -0.2) is 20.9 Å². The maximum absolute atomic E-state index is 13.1. The molecule has 2 heterocycles. The molecule has 2 aromatic carbocycles. The van der Waals surface area contributed by atoms with E-state index >= 15 is 0 Å². The summed E-state index contributed by atoms with van der Waals surface area (Å²) < 4.78 is 27.7. The van der Waals surface area contributed by atoms with Gasteiger partial charge < -0.3 is 5.32 Å². The normalized spacial score (nSPS) is 13.8. The van der Waals surface area contributed by atoms with E-state index in [1.165, 1.54) is 16.4 Å². The van der Waals surface area contributed by atoms with E-state index in [9.17, 15) is 13.2 Å². The lowest BCUT2D eigenvalue weighted by Gasteiger charge is -2.30. The third-order valence-corrected chi connectivity index (χ3v) is 7.48. The zero-order valence-corrected chi connectivity index (χ0v) is 16.8. The number of hydrogen-bond donors (Lipinski definition) is 1. The van der Waals surface area contributed by atoms with Crippen LogP contribution in [0, 0.1) is 0 Å². The van der Waals surface area contributed by atoms with E-state index in [4.69, 9.17) is 0 Å². The molecule has 3 aromatic rings. The zero-order valence-electron chi connectivity index (χ0n) is 15.2. The van der Waals surface area contributed by atoms with Crippen molar-refractivity contribution in [2.24, 2.45) is 0 Å². The summed E-state index contributed by atoms with van der Waals surface area (Å²) in [7, 11) is -3.66. The first kappa shape index (κ1) is 18.7. The van der Waals surface area contributed by atoms with E-state index in [1.54, 1.807) is 23.5 Å². The summed E-state index contributed by atoms with van der Waals surface area (Å²) in [6.07, 6.45) is 1.67. The van der Waals surface area contributed by atoms with Gasteiger partial charge in [0.25, 0.3) is 15.9 Å². The van der Waals surface area contributed by atoms with Gasteiger partial charge in [0.2, 0.25) is 0 Å². The molecule has 0 saturated heterocycles. The molecule has 0 radical (unpaired) electrons. The summed E-state index contributed by atoms with van der Waals surface area (Å²) in [4.78, 5) is 13.6. The Morgan fingerprint density at radius 2 is 1.82 bits per heavy atom. The number of fused-ring (bicyclic) bond motifs is 1. The number of para-hydroxylation sites is 1. The monoisotopic (exact) mass is 412 g/mol. The number of rotatable bonds is 5. The number of sulfonamides is 1. The smallest absolute Gasteiger partial charge is 0.264 e. The third-order valence-electron chi connectivity index (χ3n) is 4.78. The highest BCUT2D eigenvalue weighted by Gasteiger charge is 2.28. The van der Waals surface area contributed by atoms with E-state index < -0.39 is 10.0 Å². The largest absolute Gasteiger partial charge is 0.347 e. The molecule has 28 heavy (non-hydrogen) atoms. The molecule has 0 bridgehead atoms. The lowest BCUT2D eigenvalue weighted by atomic mass is 10.0. The van der Waals surface area contributed by atoms with Gasteiger partial charge in [0, 0.05) is 17.0 Å². The highest BCUT2D eigenvalue weighted by molar-refractivity contribution is 7.92. The first-order chi connectivity index (χ1) is 13.6. The third kappa shape index (κ3) is 3.68. The molecule has 1 aliphatic heterocycles. The number of aryl methyl sites for hydroxylation is 1. The fourth-order valence-electron chi connectivity index (χ4n) is 3.34. The minimum Gasteiger partial charge on any atom is -0.347 e. The molecular weight excluding hydrogens is 392 g/mol. The summed E-state index contributed by atoms with van der Waals surface area (Å²) >= 11 is 1.58. The van der Waals surface area contributed by atoms with Gasteiger partial charge in [-0.3, -0.25) is 9.10 Å². The van der Waals surface area contributed by atoms with Crippen molar-refractivity contribution < 1.29 is 13.2 Å². The van der Waals surface area contributed by atoms with Gasteiger partial charge in [-0.25, -0.2) is 8.42 Å². The van der Waals surface area contributed by atoms with Gasteiger partial charge in [-0.15, -0.1) is 11.3 Å². The Morgan fingerprint density at radius 3 is 2.57 bits per heavy atom. The Hall–Kier alpha value is -2.64. The first-order valence-electron chi connectivity index (χ1n) is 9.07. The van der Waals surface area contributed by atoms with Gasteiger partial charge in [0.15, 0.2) is 0 Å². The molecule has 0 atom stereocenters. The fourth-order valence-corrected chi connectivity index (χ4v) is 5.52. The second-order valence-electron chi connectivity index (χ2n) is 6.60. The molecule has 1 aromatic heterocycles. The lowest BCUT2D eigenvalue weighted by molar-refractivity contribution is 0.0951. The number of hydrogen-bond acceptors (Lipinski definition) is 4. The molecule has 0 aliphatic carbocycles. The minimum atomic E-state index is -3.66. The van der Waals surface area contributed by atoms with E-state index in [-0.39, 0.29) is 10.8 Å². The van der Waals surface area contributed by atoms with Gasteiger partial charge in [0.1, 0.15) is 0 Å². The molecule has 1 amide bonds. The van der Waals surface area contributed by atoms with Crippen LogP contribution in [0.1, 0.15) is 27.2 Å². The van der Waals surface area contributed by atoms with Gasteiger partial charge in [-0.1, -0.05) is 24.3 Å². The van der Waals surface area contributed by atoms with Crippen molar-refractivity contribution in [1.29, 1.82) is 0 Å². The van der Waals surface area contributed by atoms with Crippen molar-refractivity contribution in [3.63, 3.8) is 0 Å². The molecule has 1 aliphatic rings. The van der Waals surface area contributed by atoms with Crippen LogP contribution >= 0.6 is 11.3 Å². The van der Waals surface area contributed by atoms with Crippen LogP contribution in [0.3, 0.4) is 0 Å². The highest BCUT2D eigenvalue weighted by atomic mass is 32.2. The summed E-state index contributed by atoms with van der Waals surface area (Å²) in [6.45, 7) is 0.920. The first-order valence-corrected chi connectivity index (χ1v) is 11.4. The second-order valence-corrected chi connectivity index (χ2v) is 9.49. The summed E-state index contributed by atoms with van der Waals surface area (Å²) in [5.74, 6) is -0.222. The van der Waals surface area contributed by atoms with E-state index in [0.717, 1.165) is 29.0 Å². The van der Waals surface area contributed by atoms with Crippen LogP contribution in [-0.2, 0) is 23.0 Å². The van der Waals surface area contributed by atoms with Crippen molar-refractivity contribution in [1.82, 2.24) is 5.32 Å². The number of benzene rings is 2. The van der Waals surface area contributed by atoms with Crippen molar-refractivity contribution in [2.75, 3.05) is 10.8 Å². The van der Waals surface area contributed by atoms with Gasteiger partial charge in [0.05, 0.1) is 17.1 Å². The molecule has 0 saturated carbocycles. The Balaban J connectivity index is 1.52. The van der Waals surface area contributed by atoms with Gasteiger partial charge in [-0.05, 0) is 60.2 Å². The minimum absolute atomic E-state index is 0.194. The van der Waals surface area contributed by atoms with Crippen LogP contribution in [0.25, 0.3) is 0 Å². The Kier molecular flexibility index (Phi) is 5.19.